The van der Waals surface area contributed by atoms with E-state index in [1.54, 1.807) is 7.11 Å². The minimum atomic E-state index is -0.854. The fourth-order valence-electron chi connectivity index (χ4n) is 3.07. The lowest BCUT2D eigenvalue weighted by Gasteiger charge is -2.37. The van der Waals surface area contributed by atoms with E-state index in [0.717, 1.165) is 25.3 Å². The summed E-state index contributed by atoms with van der Waals surface area (Å²) in [5.74, 6) is 0.776. The van der Waals surface area contributed by atoms with Gasteiger partial charge in [0, 0.05) is 26.2 Å². The van der Waals surface area contributed by atoms with Crippen LogP contribution in [-0.4, -0.2) is 55.9 Å². The van der Waals surface area contributed by atoms with Crippen LogP contribution in [0.3, 0.4) is 0 Å². The number of esters is 1. The molecule has 0 aromatic rings. The Bertz CT molecular complexity index is 355. The van der Waals surface area contributed by atoms with Gasteiger partial charge in [0.2, 0.25) is 0 Å². The third-order valence-corrected chi connectivity index (χ3v) is 4.89. The molecular formula is C16H30N2O3. The molecule has 0 radical (unpaired) electrons. The van der Waals surface area contributed by atoms with Crippen molar-refractivity contribution in [1.29, 1.82) is 0 Å². The topological polar surface area (TPSA) is 64.8 Å². The summed E-state index contributed by atoms with van der Waals surface area (Å²) < 4.78 is 10.5. The van der Waals surface area contributed by atoms with Gasteiger partial charge in [0.25, 0.3) is 0 Å². The zero-order chi connectivity index (χ0) is 15.5. The number of carbonyl (C=O) groups is 1. The van der Waals surface area contributed by atoms with Gasteiger partial charge in [-0.1, -0.05) is 0 Å². The van der Waals surface area contributed by atoms with Gasteiger partial charge in [-0.3, -0.25) is 4.90 Å². The van der Waals surface area contributed by atoms with Crippen molar-refractivity contribution in [3.8, 4) is 0 Å². The first-order valence-corrected chi connectivity index (χ1v) is 8.22. The number of ether oxygens (including phenoxy) is 2. The molecule has 0 aromatic heterocycles. The molecule has 0 heterocycles. The highest BCUT2D eigenvalue weighted by Crippen LogP contribution is 2.41. The standard InChI is InChI=1S/C16H30N2O3/c1-4-21-15(19)16(17,14-7-8-14)11-18(9-10-20-3)12(2)13-5-6-13/h12-14H,4-11,17H2,1-3H3. The van der Waals surface area contributed by atoms with Crippen LogP contribution >= 0.6 is 0 Å². The van der Waals surface area contributed by atoms with Crippen LogP contribution in [0.5, 0.6) is 0 Å². The largest absolute Gasteiger partial charge is 0.465 e. The highest BCUT2D eigenvalue weighted by atomic mass is 16.5. The molecule has 2 unspecified atom stereocenters. The Morgan fingerprint density at radius 2 is 2.05 bits per heavy atom. The Balaban J connectivity index is 2.04. The SMILES string of the molecule is CCOC(=O)C(N)(CN(CCOC)C(C)C1CC1)C1CC1. The van der Waals surface area contributed by atoms with E-state index in [-0.39, 0.29) is 11.9 Å². The van der Waals surface area contributed by atoms with Gasteiger partial charge >= 0.3 is 5.97 Å². The Labute approximate surface area is 128 Å². The minimum Gasteiger partial charge on any atom is -0.465 e. The van der Waals surface area contributed by atoms with E-state index >= 15 is 0 Å². The summed E-state index contributed by atoms with van der Waals surface area (Å²) in [5, 5.41) is 0. The molecule has 0 spiro atoms. The van der Waals surface area contributed by atoms with E-state index < -0.39 is 5.54 Å². The number of hydrogen-bond acceptors (Lipinski definition) is 5. The maximum atomic E-state index is 12.4. The van der Waals surface area contributed by atoms with Crippen LogP contribution in [-0.2, 0) is 14.3 Å². The second-order valence-electron chi connectivity index (χ2n) is 6.58. The van der Waals surface area contributed by atoms with Crippen molar-refractivity contribution >= 4 is 5.97 Å². The zero-order valence-electron chi connectivity index (χ0n) is 13.6. The minimum absolute atomic E-state index is 0.238. The molecule has 122 valence electrons. The Morgan fingerprint density at radius 1 is 1.38 bits per heavy atom. The molecule has 2 aliphatic carbocycles. The Morgan fingerprint density at radius 3 is 2.52 bits per heavy atom. The lowest BCUT2D eigenvalue weighted by atomic mass is 9.92. The molecule has 2 fully saturated rings. The van der Waals surface area contributed by atoms with Gasteiger partial charge in [0.15, 0.2) is 0 Å². The number of rotatable bonds is 10. The van der Waals surface area contributed by atoms with Crippen molar-refractivity contribution in [1.82, 2.24) is 4.90 Å². The van der Waals surface area contributed by atoms with E-state index in [0.29, 0.717) is 25.8 Å². The quantitative estimate of drug-likeness (QED) is 0.618. The third-order valence-electron chi connectivity index (χ3n) is 4.89. The first-order valence-electron chi connectivity index (χ1n) is 8.22. The van der Waals surface area contributed by atoms with Crippen LogP contribution in [0, 0.1) is 11.8 Å². The average Bonchev–Trinajstić information content (AvgIpc) is 3.31. The molecule has 5 nitrogen and oxygen atoms in total. The first-order chi connectivity index (χ1) is 10.0. The fraction of sp³-hybridized carbons (Fsp3) is 0.938. The van der Waals surface area contributed by atoms with Crippen LogP contribution in [0.2, 0.25) is 0 Å². The lowest BCUT2D eigenvalue weighted by Crippen LogP contribution is -2.60. The third kappa shape index (κ3) is 4.18. The number of hydrogen-bond donors (Lipinski definition) is 1. The summed E-state index contributed by atoms with van der Waals surface area (Å²) in [4.78, 5) is 14.7. The molecule has 5 heteroatoms. The highest BCUT2D eigenvalue weighted by molar-refractivity contribution is 5.82. The summed E-state index contributed by atoms with van der Waals surface area (Å²) in [6.45, 7) is 6.53. The summed E-state index contributed by atoms with van der Waals surface area (Å²) in [5.41, 5.74) is 5.65. The van der Waals surface area contributed by atoms with Crippen molar-refractivity contribution < 1.29 is 14.3 Å². The van der Waals surface area contributed by atoms with E-state index in [1.807, 2.05) is 6.92 Å². The molecule has 2 N–H and O–H groups in total. The van der Waals surface area contributed by atoms with Crippen molar-refractivity contribution in [2.75, 3.05) is 33.4 Å². The highest BCUT2D eigenvalue weighted by Gasteiger charge is 2.51. The van der Waals surface area contributed by atoms with Gasteiger partial charge in [0.1, 0.15) is 5.54 Å². The first kappa shape index (κ1) is 16.7. The Hall–Kier alpha value is -0.650. The van der Waals surface area contributed by atoms with Gasteiger partial charge in [-0.2, -0.15) is 0 Å². The zero-order valence-corrected chi connectivity index (χ0v) is 13.6. The molecule has 2 aliphatic rings. The number of nitrogens with two attached hydrogens (primary N) is 1. The van der Waals surface area contributed by atoms with Crippen molar-refractivity contribution in [2.45, 2.75) is 51.1 Å². The predicted molar refractivity (Wildman–Crippen MR) is 81.9 cm³/mol. The summed E-state index contributed by atoms with van der Waals surface area (Å²) in [7, 11) is 1.71. The fourth-order valence-corrected chi connectivity index (χ4v) is 3.07. The lowest BCUT2D eigenvalue weighted by molar-refractivity contribution is -0.151. The number of nitrogens with zero attached hydrogens (tertiary/aromatic N) is 1. The van der Waals surface area contributed by atoms with Crippen LogP contribution in [0.25, 0.3) is 0 Å². The van der Waals surface area contributed by atoms with Gasteiger partial charge in [-0.15, -0.1) is 0 Å². The maximum absolute atomic E-state index is 12.4. The molecule has 0 aromatic carbocycles. The van der Waals surface area contributed by atoms with Gasteiger partial charge < -0.3 is 15.2 Å². The summed E-state index contributed by atoms with van der Waals surface area (Å²) in [6.07, 6.45) is 4.63. The molecule has 0 bridgehead atoms. The van der Waals surface area contributed by atoms with E-state index in [4.69, 9.17) is 15.2 Å². The monoisotopic (exact) mass is 298 g/mol. The van der Waals surface area contributed by atoms with Crippen molar-refractivity contribution in [3.05, 3.63) is 0 Å². The molecule has 0 aliphatic heterocycles. The molecule has 0 amide bonds. The smallest absolute Gasteiger partial charge is 0.327 e. The summed E-state index contributed by atoms with van der Waals surface area (Å²) in [6, 6.07) is 0.455. The van der Waals surface area contributed by atoms with Crippen LogP contribution in [0.15, 0.2) is 0 Å². The van der Waals surface area contributed by atoms with Crippen molar-refractivity contribution in [2.24, 2.45) is 17.6 Å². The maximum Gasteiger partial charge on any atom is 0.327 e. The number of carbonyl (C=O) groups excluding carboxylic acids is 1. The van der Waals surface area contributed by atoms with Crippen LogP contribution in [0.1, 0.15) is 39.5 Å². The van der Waals surface area contributed by atoms with Crippen molar-refractivity contribution in [3.63, 3.8) is 0 Å². The van der Waals surface area contributed by atoms with Gasteiger partial charge in [0.05, 0.1) is 13.2 Å². The van der Waals surface area contributed by atoms with E-state index in [1.165, 1.54) is 12.8 Å². The predicted octanol–water partition coefficient (Wildman–Crippen LogP) is 1.40. The second kappa shape index (κ2) is 7.07. The molecule has 21 heavy (non-hydrogen) atoms. The molecular weight excluding hydrogens is 268 g/mol. The normalized spacial score (nSPS) is 22.9. The van der Waals surface area contributed by atoms with Crippen LogP contribution in [0.4, 0.5) is 0 Å². The number of methoxy groups -OCH3 is 1. The average molecular weight is 298 g/mol. The van der Waals surface area contributed by atoms with Crippen LogP contribution < -0.4 is 5.73 Å². The Kier molecular flexibility index (Phi) is 5.63. The van der Waals surface area contributed by atoms with Gasteiger partial charge in [-0.05, 0) is 51.4 Å². The molecule has 2 saturated carbocycles. The molecule has 2 atom stereocenters. The second-order valence-corrected chi connectivity index (χ2v) is 6.58. The van der Waals surface area contributed by atoms with E-state index in [2.05, 4.69) is 11.8 Å². The molecule has 2 rings (SSSR count). The van der Waals surface area contributed by atoms with Gasteiger partial charge in [-0.25, -0.2) is 4.79 Å². The molecule has 0 saturated heterocycles. The van der Waals surface area contributed by atoms with E-state index in [9.17, 15) is 4.79 Å². The summed E-state index contributed by atoms with van der Waals surface area (Å²) >= 11 is 0.